The first-order valence-electron chi connectivity index (χ1n) is 7.29. The molecule has 0 atom stereocenters. The highest BCUT2D eigenvalue weighted by Crippen LogP contribution is 2.02. The second-order valence-corrected chi connectivity index (χ2v) is 4.52. The van der Waals surface area contributed by atoms with Crippen LogP contribution in [-0.4, -0.2) is 53.7 Å². The van der Waals surface area contributed by atoms with Crippen LogP contribution >= 0.6 is 0 Å². The van der Waals surface area contributed by atoms with Crippen LogP contribution in [0.25, 0.3) is 0 Å². The first kappa shape index (κ1) is 16.4. The predicted octanol–water partition coefficient (Wildman–Crippen LogP) is 1.37. The van der Waals surface area contributed by atoms with Gasteiger partial charge in [-0.1, -0.05) is 13.8 Å². The van der Waals surface area contributed by atoms with Crippen molar-refractivity contribution in [3.8, 4) is 0 Å². The number of nitrogens with one attached hydrogen (secondary N) is 2. The molecule has 6 nitrogen and oxygen atoms in total. The molecule has 112 valence electrons. The molecule has 1 rings (SSSR count). The van der Waals surface area contributed by atoms with Crippen molar-refractivity contribution in [2.45, 2.75) is 27.2 Å². The topological polar surface area (TPSA) is 70.2 Å². The molecule has 0 aliphatic heterocycles. The van der Waals surface area contributed by atoms with Gasteiger partial charge in [-0.05, 0) is 38.6 Å². The van der Waals surface area contributed by atoms with Crippen LogP contribution in [0.4, 0.5) is 5.82 Å². The van der Waals surface area contributed by atoms with Crippen molar-refractivity contribution in [2.75, 3.05) is 38.0 Å². The van der Waals surface area contributed by atoms with Crippen LogP contribution in [0.3, 0.4) is 0 Å². The van der Waals surface area contributed by atoms with Crippen molar-refractivity contribution in [1.82, 2.24) is 20.4 Å². The van der Waals surface area contributed by atoms with Crippen molar-refractivity contribution in [2.24, 2.45) is 0 Å². The van der Waals surface area contributed by atoms with E-state index in [2.05, 4.69) is 39.6 Å². The van der Waals surface area contributed by atoms with Gasteiger partial charge in [0.1, 0.15) is 5.82 Å². The molecular formula is C14H25N5O. The van der Waals surface area contributed by atoms with Gasteiger partial charge in [0.25, 0.3) is 5.91 Å². The smallest absolute Gasteiger partial charge is 0.271 e. The summed E-state index contributed by atoms with van der Waals surface area (Å²) in [4.78, 5) is 13.9. The number of hydrogen-bond donors (Lipinski definition) is 2. The maximum absolute atomic E-state index is 11.5. The lowest BCUT2D eigenvalue weighted by Gasteiger charge is -2.19. The SMILES string of the molecule is CCCN(CC)CCNc1ccc(C(=O)NCC)nn1. The molecule has 0 radical (unpaired) electrons. The molecule has 0 aliphatic carbocycles. The number of carbonyl (C=O) groups is 1. The summed E-state index contributed by atoms with van der Waals surface area (Å²) in [6.45, 7) is 10.8. The zero-order valence-electron chi connectivity index (χ0n) is 12.6. The lowest BCUT2D eigenvalue weighted by molar-refractivity contribution is 0.0950. The van der Waals surface area contributed by atoms with Gasteiger partial charge in [0.2, 0.25) is 0 Å². The van der Waals surface area contributed by atoms with Crippen molar-refractivity contribution in [3.05, 3.63) is 17.8 Å². The molecule has 0 fully saturated rings. The number of nitrogens with zero attached hydrogens (tertiary/aromatic N) is 3. The third kappa shape index (κ3) is 5.52. The number of carbonyl (C=O) groups excluding carboxylic acids is 1. The molecule has 1 heterocycles. The summed E-state index contributed by atoms with van der Waals surface area (Å²) < 4.78 is 0. The Morgan fingerprint density at radius 3 is 2.55 bits per heavy atom. The molecule has 0 saturated carbocycles. The van der Waals surface area contributed by atoms with E-state index in [1.807, 2.05) is 6.92 Å². The van der Waals surface area contributed by atoms with Gasteiger partial charge in [-0.15, -0.1) is 10.2 Å². The average molecular weight is 279 g/mol. The van der Waals surface area contributed by atoms with E-state index < -0.39 is 0 Å². The minimum atomic E-state index is -0.188. The summed E-state index contributed by atoms with van der Waals surface area (Å²) >= 11 is 0. The van der Waals surface area contributed by atoms with Crippen LogP contribution < -0.4 is 10.6 Å². The van der Waals surface area contributed by atoms with E-state index in [1.165, 1.54) is 0 Å². The zero-order chi connectivity index (χ0) is 14.8. The van der Waals surface area contributed by atoms with Crippen LogP contribution in [0.1, 0.15) is 37.7 Å². The molecule has 0 saturated heterocycles. The van der Waals surface area contributed by atoms with Gasteiger partial charge in [-0.2, -0.15) is 0 Å². The zero-order valence-corrected chi connectivity index (χ0v) is 12.6. The molecule has 0 spiro atoms. The summed E-state index contributed by atoms with van der Waals surface area (Å²) in [5.74, 6) is 0.511. The standard InChI is InChI=1S/C14H25N5O/c1-4-10-19(6-3)11-9-16-13-8-7-12(17-18-13)14(20)15-5-2/h7-8H,4-6,9-11H2,1-3H3,(H,15,20)(H,16,18). The van der Waals surface area contributed by atoms with E-state index in [1.54, 1.807) is 12.1 Å². The Balaban J connectivity index is 2.40. The highest BCUT2D eigenvalue weighted by Gasteiger charge is 2.06. The van der Waals surface area contributed by atoms with Crippen LogP contribution in [-0.2, 0) is 0 Å². The van der Waals surface area contributed by atoms with Gasteiger partial charge in [0.05, 0.1) is 0 Å². The Morgan fingerprint density at radius 1 is 1.20 bits per heavy atom. The highest BCUT2D eigenvalue weighted by molar-refractivity contribution is 5.92. The maximum Gasteiger partial charge on any atom is 0.271 e. The van der Waals surface area contributed by atoms with E-state index in [9.17, 15) is 4.79 Å². The number of anilines is 1. The summed E-state index contributed by atoms with van der Waals surface area (Å²) in [6, 6.07) is 3.47. The van der Waals surface area contributed by atoms with Gasteiger partial charge in [-0.3, -0.25) is 4.79 Å². The quantitative estimate of drug-likeness (QED) is 0.714. The minimum absolute atomic E-state index is 0.188. The first-order chi connectivity index (χ1) is 9.71. The van der Waals surface area contributed by atoms with E-state index in [0.717, 1.165) is 32.6 Å². The van der Waals surface area contributed by atoms with Gasteiger partial charge in [0, 0.05) is 19.6 Å². The molecule has 0 bridgehead atoms. The predicted molar refractivity (Wildman–Crippen MR) is 80.9 cm³/mol. The Bertz CT molecular complexity index is 393. The third-order valence-electron chi connectivity index (χ3n) is 2.96. The summed E-state index contributed by atoms with van der Waals surface area (Å²) in [5, 5.41) is 13.8. The minimum Gasteiger partial charge on any atom is -0.367 e. The number of hydrogen-bond acceptors (Lipinski definition) is 5. The summed E-state index contributed by atoms with van der Waals surface area (Å²) in [7, 11) is 0. The summed E-state index contributed by atoms with van der Waals surface area (Å²) in [5.41, 5.74) is 0.346. The second kappa shape index (κ2) is 9.25. The molecule has 2 N–H and O–H groups in total. The molecule has 1 aromatic heterocycles. The van der Waals surface area contributed by atoms with Crippen LogP contribution in [0, 0.1) is 0 Å². The lowest BCUT2D eigenvalue weighted by atomic mass is 10.3. The lowest BCUT2D eigenvalue weighted by Crippen LogP contribution is -2.30. The van der Waals surface area contributed by atoms with E-state index in [4.69, 9.17) is 0 Å². The van der Waals surface area contributed by atoms with Crippen molar-refractivity contribution in [3.63, 3.8) is 0 Å². The molecular weight excluding hydrogens is 254 g/mol. The normalized spacial score (nSPS) is 10.6. The second-order valence-electron chi connectivity index (χ2n) is 4.52. The van der Waals surface area contributed by atoms with Crippen molar-refractivity contribution < 1.29 is 4.79 Å². The molecule has 1 aromatic rings. The van der Waals surface area contributed by atoms with Gasteiger partial charge >= 0.3 is 0 Å². The summed E-state index contributed by atoms with van der Waals surface area (Å²) in [6.07, 6.45) is 1.16. The van der Waals surface area contributed by atoms with Crippen molar-refractivity contribution in [1.29, 1.82) is 0 Å². The fraction of sp³-hybridized carbons (Fsp3) is 0.643. The Kier molecular flexibility index (Phi) is 7.57. The first-order valence-corrected chi connectivity index (χ1v) is 7.29. The third-order valence-corrected chi connectivity index (χ3v) is 2.96. The van der Waals surface area contributed by atoms with Gasteiger partial charge < -0.3 is 15.5 Å². The van der Waals surface area contributed by atoms with E-state index in [0.29, 0.717) is 18.1 Å². The highest BCUT2D eigenvalue weighted by atomic mass is 16.1. The number of likely N-dealkylation sites (N-methyl/N-ethyl adjacent to an activating group) is 1. The Morgan fingerprint density at radius 2 is 2.00 bits per heavy atom. The number of rotatable bonds is 9. The molecule has 20 heavy (non-hydrogen) atoms. The average Bonchev–Trinajstić information content (AvgIpc) is 2.47. The van der Waals surface area contributed by atoms with Crippen molar-refractivity contribution >= 4 is 11.7 Å². The van der Waals surface area contributed by atoms with Gasteiger partial charge in [-0.25, -0.2) is 0 Å². The van der Waals surface area contributed by atoms with E-state index in [-0.39, 0.29) is 5.91 Å². The number of amides is 1. The fourth-order valence-electron chi connectivity index (χ4n) is 1.89. The molecule has 1 amide bonds. The van der Waals surface area contributed by atoms with Gasteiger partial charge in [0.15, 0.2) is 5.69 Å². The molecule has 0 aliphatic rings. The van der Waals surface area contributed by atoms with Crippen LogP contribution in [0.2, 0.25) is 0 Å². The van der Waals surface area contributed by atoms with Crippen LogP contribution in [0.5, 0.6) is 0 Å². The maximum atomic E-state index is 11.5. The largest absolute Gasteiger partial charge is 0.367 e. The fourth-order valence-corrected chi connectivity index (χ4v) is 1.89. The molecule has 0 aromatic carbocycles. The Labute approximate surface area is 121 Å². The van der Waals surface area contributed by atoms with Crippen LogP contribution in [0.15, 0.2) is 12.1 Å². The molecule has 0 unspecified atom stereocenters. The molecule has 6 heteroatoms. The monoisotopic (exact) mass is 279 g/mol. The number of aromatic nitrogens is 2. The Hall–Kier alpha value is -1.69. The van der Waals surface area contributed by atoms with E-state index >= 15 is 0 Å².